The summed E-state index contributed by atoms with van der Waals surface area (Å²) in [6.07, 6.45) is 0. The van der Waals surface area contributed by atoms with Crippen LogP contribution < -0.4 is 25.1 Å². The number of hydrogen-bond acceptors (Lipinski definition) is 6. The fraction of sp³-hybridized carbons (Fsp3) is 0.125. The molecule has 4 aromatic rings. The van der Waals surface area contributed by atoms with Crippen LogP contribution in [-0.4, -0.2) is 28.9 Å². The highest BCUT2D eigenvalue weighted by molar-refractivity contribution is 5.94. The fourth-order valence-electron chi connectivity index (χ4n) is 3.58. The van der Waals surface area contributed by atoms with Gasteiger partial charge >= 0.3 is 0 Å². The van der Waals surface area contributed by atoms with Crippen LogP contribution in [0, 0.1) is 12.7 Å². The molecule has 9 heteroatoms. The summed E-state index contributed by atoms with van der Waals surface area (Å²) in [4.78, 5) is 30.0. The van der Waals surface area contributed by atoms with Gasteiger partial charge in [0, 0.05) is 11.8 Å². The van der Waals surface area contributed by atoms with E-state index in [0.717, 1.165) is 0 Å². The molecule has 0 saturated heterocycles. The maximum atomic E-state index is 13.3. The second-order valence-electron chi connectivity index (χ2n) is 7.36. The summed E-state index contributed by atoms with van der Waals surface area (Å²) in [6.45, 7) is 1.62. The Balaban J connectivity index is 1.35. The lowest BCUT2D eigenvalue weighted by molar-refractivity contribution is -0.118. The molecule has 1 aromatic heterocycles. The number of ether oxygens (including phenoxy) is 3. The summed E-state index contributed by atoms with van der Waals surface area (Å²) in [5, 5.41) is 3.04. The number of amides is 1. The predicted octanol–water partition coefficient (Wildman–Crippen LogP) is 3.58. The quantitative estimate of drug-likeness (QED) is 0.503. The Bertz CT molecular complexity index is 1430. The zero-order chi connectivity index (χ0) is 22.9. The van der Waals surface area contributed by atoms with Gasteiger partial charge in [-0.3, -0.25) is 14.2 Å². The number of aromatic nitrogens is 2. The minimum atomic E-state index is -0.397. The van der Waals surface area contributed by atoms with Crippen molar-refractivity contribution in [3.8, 4) is 22.9 Å². The summed E-state index contributed by atoms with van der Waals surface area (Å²) in [6, 6.07) is 15.5. The summed E-state index contributed by atoms with van der Waals surface area (Å²) in [5.41, 5.74) is 1.09. The van der Waals surface area contributed by atoms with E-state index in [4.69, 9.17) is 14.2 Å². The molecule has 0 fully saturated rings. The van der Waals surface area contributed by atoms with Crippen LogP contribution in [-0.2, 0) is 4.79 Å². The van der Waals surface area contributed by atoms with Crippen molar-refractivity contribution in [3.05, 3.63) is 82.7 Å². The van der Waals surface area contributed by atoms with Gasteiger partial charge in [0.25, 0.3) is 11.5 Å². The lowest BCUT2D eigenvalue weighted by Gasteiger charge is -2.12. The molecular weight excluding hydrogens is 429 g/mol. The highest BCUT2D eigenvalue weighted by atomic mass is 19.1. The fourth-order valence-corrected chi connectivity index (χ4v) is 3.58. The van der Waals surface area contributed by atoms with Crippen molar-refractivity contribution in [2.75, 3.05) is 18.7 Å². The van der Waals surface area contributed by atoms with E-state index >= 15 is 0 Å². The standard InChI is InChI=1S/C24H18FN3O5/c1-14-26-20-8-4-16(10-19(20)24(30)28(14)17-5-2-15(25)3-6-17)27-23(29)12-31-18-7-9-21-22(11-18)33-13-32-21/h2-11H,12-13H2,1H3,(H,27,29). The molecule has 2 heterocycles. The molecule has 1 aliphatic rings. The number of carbonyl (C=O) groups is 1. The maximum absolute atomic E-state index is 13.3. The van der Waals surface area contributed by atoms with E-state index in [2.05, 4.69) is 10.3 Å². The Labute approximate surface area is 187 Å². The molecule has 166 valence electrons. The molecule has 1 N–H and O–H groups in total. The normalized spacial score (nSPS) is 12.1. The van der Waals surface area contributed by atoms with E-state index in [-0.39, 0.29) is 19.0 Å². The molecule has 0 saturated carbocycles. The Morgan fingerprint density at radius 3 is 2.70 bits per heavy atom. The molecule has 8 nitrogen and oxygen atoms in total. The van der Waals surface area contributed by atoms with E-state index in [1.54, 1.807) is 43.3 Å². The number of halogens is 1. The Kier molecular flexibility index (Phi) is 5.14. The molecule has 3 aromatic carbocycles. The molecule has 1 amide bonds. The third-order valence-corrected chi connectivity index (χ3v) is 5.12. The van der Waals surface area contributed by atoms with Crippen LogP contribution in [0.3, 0.4) is 0 Å². The molecule has 0 bridgehead atoms. The molecule has 0 spiro atoms. The SMILES string of the molecule is Cc1nc2ccc(NC(=O)COc3ccc4c(c3)OCO4)cc2c(=O)n1-c1ccc(F)cc1. The van der Waals surface area contributed by atoms with Crippen LogP contribution in [0.1, 0.15) is 5.82 Å². The number of fused-ring (bicyclic) bond motifs is 2. The van der Waals surface area contributed by atoms with Gasteiger partial charge in [0.2, 0.25) is 6.79 Å². The molecular formula is C24H18FN3O5. The summed E-state index contributed by atoms with van der Waals surface area (Å²) in [5.74, 6) is 1.32. The lowest BCUT2D eigenvalue weighted by Crippen LogP contribution is -2.23. The molecule has 0 unspecified atom stereocenters. The summed E-state index contributed by atoms with van der Waals surface area (Å²) in [7, 11) is 0. The zero-order valence-electron chi connectivity index (χ0n) is 17.5. The number of rotatable bonds is 5. The molecule has 33 heavy (non-hydrogen) atoms. The Morgan fingerprint density at radius 2 is 1.88 bits per heavy atom. The van der Waals surface area contributed by atoms with E-state index in [1.165, 1.54) is 28.8 Å². The number of nitrogens with zero attached hydrogens (tertiary/aromatic N) is 2. The Morgan fingerprint density at radius 1 is 1.09 bits per heavy atom. The van der Waals surface area contributed by atoms with Crippen molar-refractivity contribution >= 4 is 22.5 Å². The number of carbonyl (C=O) groups excluding carboxylic acids is 1. The number of nitrogens with one attached hydrogen (secondary N) is 1. The first-order valence-electron chi connectivity index (χ1n) is 10.1. The lowest BCUT2D eigenvalue weighted by atomic mass is 10.2. The average Bonchev–Trinajstić information content (AvgIpc) is 3.27. The topological polar surface area (TPSA) is 91.7 Å². The zero-order valence-corrected chi connectivity index (χ0v) is 17.5. The first-order valence-corrected chi connectivity index (χ1v) is 10.1. The van der Waals surface area contributed by atoms with Gasteiger partial charge in [-0.25, -0.2) is 9.37 Å². The van der Waals surface area contributed by atoms with E-state index < -0.39 is 11.7 Å². The first kappa shape index (κ1) is 20.5. The smallest absolute Gasteiger partial charge is 0.266 e. The van der Waals surface area contributed by atoms with Crippen LogP contribution in [0.25, 0.3) is 16.6 Å². The van der Waals surface area contributed by atoms with Gasteiger partial charge in [0.05, 0.1) is 16.6 Å². The van der Waals surface area contributed by atoms with Gasteiger partial charge in [-0.2, -0.15) is 0 Å². The van der Waals surface area contributed by atoms with E-state index in [9.17, 15) is 14.0 Å². The molecule has 1 aliphatic heterocycles. The van der Waals surface area contributed by atoms with E-state index in [0.29, 0.717) is 45.4 Å². The van der Waals surface area contributed by atoms with Gasteiger partial charge in [0.1, 0.15) is 17.4 Å². The Hall–Kier alpha value is -4.40. The monoisotopic (exact) mass is 447 g/mol. The van der Waals surface area contributed by atoms with Gasteiger partial charge in [-0.1, -0.05) is 0 Å². The number of anilines is 1. The van der Waals surface area contributed by atoms with Crippen LogP contribution in [0.4, 0.5) is 10.1 Å². The number of hydrogen-bond donors (Lipinski definition) is 1. The van der Waals surface area contributed by atoms with Crippen molar-refractivity contribution in [1.82, 2.24) is 9.55 Å². The highest BCUT2D eigenvalue weighted by Gasteiger charge is 2.15. The second-order valence-corrected chi connectivity index (χ2v) is 7.36. The molecule has 5 rings (SSSR count). The van der Waals surface area contributed by atoms with Crippen LogP contribution >= 0.6 is 0 Å². The summed E-state index contributed by atoms with van der Waals surface area (Å²) >= 11 is 0. The maximum Gasteiger partial charge on any atom is 0.266 e. The summed E-state index contributed by atoms with van der Waals surface area (Å²) < 4.78 is 30.8. The van der Waals surface area contributed by atoms with Crippen LogP contribution in [0.15, 0.2) is 65.5 Å². The molecule has 0 aliphatic carbocycles. The van der Waals surface area contributed by atoms with Crippen LogP contribution in [0.2, 0.25) is 0 Å². The van der Waals surface area contributed by atoms with Gasteiger partial charge in [0.15, 0.2) is 18.1 Å². The minimum Gasteiger partial charge on any atom is -0.484 e. The first-order chi connectivity index (χ1) is 16.0. The number of aryl methyl sites for hydroxylation is 1. The average molecular weight is 447 g/mol. The number of benzene rings is 3. The highest BCUT2D eigenvalue weighted by Crippen LogP contribution is 2.35. The van der Waals surface area contributed by atoms with Crippen molar-refractivity contribution in [1.29, 1.82) is 0 Å². The van der Waals surface area contributed by atoms with Crippen molar-refractivity contribution < 1.29 is 23.4 Å². The van der Waals surface area contributed by atoms with Gasteiger partial charge in [-0.15, -0.1) is 0 Å². The predicted molar refractivity (Wildman–Crippen MR) is 119 cm³/mol. The van der Waals surface area contributed by atoms with Crippen molar-refractivity contribution in [3.63, 3.8) is 0 Å². The minimum absolute atomic E-state index is 0.151. The van der Waals surface area contributed by atoms with Crippen molar-refractivity contribution in [2.24, 2.45) is 0 Å². The van der Waals surface area contributed by atoms with E-state index in [1.807, 2.05) is 0 Å². The molecule has 0 atom stereocenters. The van der Waals surface area contributed by atoms with Gasteiger partial charge in [-0.05, 0) is 61.5 Å². The third-order valence-electron chi connectivity index (χ3n) is 5.12. The van der Waals surface area contributed by atoms with Crippen LogP contribution in [0.5, 0.6) is 17.2 Å². The third kappa shape index (κ3) is 4.08. The van der Waals surface area contributed by atoms with Crippen molar-refractivity contribution in [2.45, 2.75) is 6.92 Å². The second kappa shape index (κ2) is 8.27. The largest absolute Gasteiger partial charge is 0.484 e. The molecule has 0 radical (unpaired) electrons. The van der Waals surface area contributed by atoms with Gasteiger partial charge < -0.3 is 19.5 Å².